The smallest absolute Gasteiger partial charge is 0.337 e. The number of rotatable bonds is 2. The maximum atomic E-state index is 11.8. The molecule has 2 aliphatic heterocycles. The first-order valence-electron chi connectivity index (χ1n) is 7.38. The van der Waals surface area contributed by atoms with Crippen LogP contribution in [-0.4, -0.2) is 28.8 Å². The van der Waals surface area contributed by atoms with Gasteiger partial charge < -0.3 is 5.11 Å². The predicted octanol–water partition coefficient (Wildman–Crippen LogP) is 3.23. The largest absolute Gasteiger partial charge is 0.478 e. The summed E-state index contributed by atoms with van der Waals surface area (Å²) < 4.78 is 0. The standard InChI is InChI=1S/C19H14N2O2/c22-19(23)17-10-15(13-6-2-1-3-7-13)12-21-18(17)16-9-5-4-8-14(16)11-20-21/h1-11H,12H2,(H,22,23). The number of carboxylic acids is 1. The quantitative estimate of drug-likeness (QED) is 0.926. The molecule has 0 fully saturated rings. The molecule has 2 aromatic carbocycles. The van der Waals surface area contributed by atoms with Crippen LogP contribution in [0.15, 0.2) is 71.3 Å². The average Bonchev–Trinajstić information content (AvgIpc) is 2.61. The van der Waals surface area contributed by atoms with Crippen LogP contribution in [0, 0.1) is 0 Å². The molecule has 0 saturated heterocycles. The van der Waals surface area contributed by atoms with E-state index in [0.29, 0.717) is 12.2 Å². The molecular weight excluding hydrogens is 288 g/mol. The second-order valence-corrected chi connectivity index (χ2v) is 5.49. The van der Waals surface area contributed by atoms with Crippen LogP contribution < -0.4 is 0 Å². The van der Waals surface area contributed by atoms with Crippen LogP contribution in [-0.2, 0) is 4.79 Å². The lowest BCUT2D eigenvalue weighted by Gasteiger charge is -2.32. The van der Waals surface area contributed by atoms with E-state index in [1.54, 1.807) is 17.3 Å². The molecule has 0 unspecified atom stereocenters. The van der Waals surface area contributed by atoms with Crippen LogP contribution in [0.5, 0.6) is 0 Å². The third kappa shape index (κ3) is 2.25. The summed E-state index contributed by atoms with van der Waals surface area (Å²) in [6.07, 6.45) is 3.55. The van der Waals surface area contributed by atoms with Gasteiger partial charge in [0.1, 0.15) is 0 Å². The van der Waals surface area contributed by atoms with Gasteiger partial charge in [-0.3, -0.25) is 5.01 Å². The zero-order valence-corrected chi connectivity index (χ0v) is 12.3. The summed E-state index contributed by atoms with van der Waals surface area (Å²) in [5.74, 6) is -0.940. The van der Waals surface area contributed by atoms with E-state index < -0.39 is 5.97 Å². The molecule has 4 heteroatoms. The second-order valence-electron chi connectivity index (χ2n) is 5.49. The number of aliphatic carboxylic acids is 1. The molecule has 2 heterocycles. The average molecular weight is 302 g/mol. The maximum Gasteiger partial charge on any atom is 0.337 e. The summed E-state index contributed by atoms with van der Waals surface area (Å²) in [6.45, 7) is 0.557. The van der Waals surface area contributed by atoms with Crippen LogP contribution in [0.1, 0.15) is 16.7 Å². The van der Waals surface area contributed by atoms with Crippen molar-refractivity contribution in [3.05, 3.63) is 82.9 Å². The molecule has 1 N–H and O–H groups in total. The van der Waals surface area contributed by atoms with Gasteiger partial charge in [0, 0.05) is 11.1 Å². The summed E-state index contributed by atoms with van der Waals surface area (Å²) >= 11 is 0. The number of hydrogen-bond acceptors (Lipinski definition) is 3. The zero-order chi connectivity index (χ0) is 15.8. The molecule has 2 aromatic rings. The Hall–Kier alpha value is -3.14. The Morgan fingerprint density at radius 2 is 1.78 bits per heavy atom. The van der Waals surface area contributed by atoms with Crippen molar-refractivity contribution in [3.8, 4) is 0 Å². The molecule has 112 valence electrons. The predicted molar refractivity (Wildman–Crippen MR) is 89.7 cm³/mol. The molecule has 0 spiro atoms. The molecule has 2 aliphatic rings. The number of carboxylic acid groups (broad SMARTS) is 1. The van der Waals surface area contributed by atoms with E-state index in [1.165, 1.54) is 0 Å². The molecule has 0 aromatic heterocycles. The first kappa shape index (κ1) is 13.5. The SMILES string of the molecule is O=C(O)C1=C2c3ccccc3C=NN2CC(c2ccccc2)=C1. The molecule has 0 saturated carbocycles. The van der Waals surface area contributed by atoms with E-state index in [0.717, 1.165) is 22.3 Å². The monoisotopic (exact) mass is 302 g/mol. The van der Waals surface area contributed by atoms with Gasteiger partial charge in [0.15, 0.2) is 0 Å². The molecule has 4 nitrogen and oxygen atoms in total. The molecular formula is C19H14N2O2. The topological polar surface area (TPSA) is 52.9 Å². The minimum Gasteiger partial charge on any atom is -0.478 e. The fraction of sp³-hybridized carbons (Fsp3) is 0.0526. The van der Waals surface area contributed by atoms with Gasteiger partial charge in [-0.15, -0.1) is 0 Å². The van der Waals surface area contributed by atoms with Crippen LogP contribution in [0.3, 0.4) is 0 Å². The molecule has 0 bridgehead atoms. The van der Waals surface area contributed by atoms with Crippen molar-refractivity contribution in [2.45, 2.75) is 0 Å². The van der Waals surface area contributed by atoms with Crippen molar-refractivity contribution in [1.82, 2.24) is 5.01 Å². The maximum absolute atomic E-state index is 11.8. The van der Waals surface area contributed by atoms with Gasteiger partial charge in [-0.2, -0.15) is 5.10 Å². The van der Waals surface area contributed by atoms with Crippen molar-refractivity contribution >= 4 is 23.5 Å². The van der Waals surface area contributed by atoms with Gasteiger partial charge >= 0.3 is 5.97 Å². The Morgan fingerprint density at radius 1 is 1.04 bits per heavy atom. The molecule has 0 atom stereocenters. The minimum atomic E-state index is -0.940. The lowest BCUT2D eigenvalue weighted by Crippen LogP contribution is -2.28. The van der Waals surface area contributed by atoms with Crippen molar-refractivity contribution in [2.24, 2.45) is 5.10 Å². The van der Waals surface area contributed by atoms with E-state index in [-0.39, 0.29) is 5.57 Å². The number of fused-ring (bicyclic) bond motifs is 3. The Morgan fingerprint density at radius 3 is 2.57 bits per heavy atom. The first-order valence-corrected chi connectivity index (χ1v) is 7.38. The van der Waals surface area contributed by atoms with Crippen LogP contribution in [0.4, 0.5) is 0 Å². The number of hydrogen-bond donors (Lipinski definition) is 1. The Bertz CT molecular complexity index is 879. The van der Waals surface area contributed by atoms with Crippen molar-refractivity contribution < 1.29 is 9.90 Å². The Labute approximate surface area is 133 Å². The first-order chi connectivity index (χ1) is 11.2. The normalized spacial score (nSPS) is 15.8. The lowest BCUT2D eigenvalue weighted by molar-refractivity contribution is -0.132. The third-order valence-corrected chi connectivity index (χ3v) is 4.08. The molecule has 0 aliphatic carbocycles. The zero-order valence-electron chi connectivity index (χ0n) is 12.3. The van der Waals surface area contributed by atoms with Crippen molar-refractivity contribution in [2.75, 3.05) is 6.54 Å². The number of carbonyl (C=O) groups is 1. The molecule has 0 amide bonds. The summed E-state index contributed by atoms with van der Waals surface area (Å²) in [5, 5.41) is 15.9. The van der Waals surface area contributed by atoms with Gasteiger partial charge in [0.05, 0.1) is 24.0 Å². The summed E-state index contributed by atoms with van der Waals surface area (Å²) in [5.41, 5.74) is 4.75. The highest BCUT2D eigenvalue weighted by molar-refractivity contribution is 6.05. The van der Waals surface area contributed by atoms with E-state index in [9.17, 15) is 9.90 Å². The highest BCUT2D eigenvalue weighted by Crippen LogP contribution is 2.36. The summed E-state index contributed by atoms with van der Waals surface area (Å²) in [7, 11) is 0. The number of hydrazone groups is 1. The number of nitrogens with zero attached hydrogens (tertiary/aromatic N) is 2. The fourth-order valence-electron chi connectivity index (χ4n) is 3.00. The van der Waals surface area contributed by atoms with Crippen LogP contribution in [0.2, 0.25) is 0 Å². The third-order valence-electron chi connectivity index (χ3n) is 4.08. The van der Waals surface area contributed by atoms with Gasteiger partial charge in [0.2, 0.25) is 0 Å². The second kappa shape index (κ2) is 5.25. The van der Waals surface area contributed by atoms with Gasteiger partial charge in [-0.1, -0.05) is 54.6 Å². The van der Waals surface area contributed by atoms with Gasteiger partial charge in [-0.25, -0.2) is 4.79 Å². The summed E-state index contributed by atoms with van der Waals surface area (Å²) in [6, 6.07) is 17.5. The Kier molecular flexibility index (Phi) is 3.08. The van der Waals surface area contributed by atoms with E-state index in [2.05, 4.69) is 5.10 Å². The molecule has 0 radical (unpaired) electrons. The van der Waals surface area contributed by atoms with Gasteiger partial charge in [0.25, 0.3) is 0 Å². The van der Waals surface area contributed by atoms with Crippen molar-refractivity contribution in [3.63, 3.8) is 0 Å². The van der Waals surface area contributed by atoms with E-state index in [4.69, 9.17) is 0 Å². The minimum absolute atomic E-state index is 0.277. The van der Waals surface area contributed by atoms with E-state index >= 15 is 0 Å². The summed E-state index contributed by atoms with van der Waals surface area (Å²) in [4.78, 5) is 11.8. The van der Waals surface area contributed by atoms with Crippen molar-refractivity contribution in [1.29, 1.82) is 0 Å². The highest BCUT2D eigenvalue weighted by atomic mass is 16.4. The van der Waals surface area contributed by atoms with Crippen LogP contribution >= 0.6 is 0 Å². The van der Waals surface area contributed by atoms with E-state index in [1.807, 2.05) is 54.6 Å². The number of benzene rings is 2. The highest BCUT2D eigenvalue weighted by Gasteiger charge is 2.29. The fourth-order valence-corrected chi connectivity index (χ4v) is 3.00. The lowest BCUT2D eigenvalue weighted by atomic mass is 9.93. The Balaban J connectivity index is 1.92. The van der Waals surface area contributed by atoms with Crippen LogP contribution in [0.25, 0.3) is 11.3 Å². The van der Waals surface area contributed by atoms with Gasteiger partial charge in [-0.05, 0) is 17.2 Å². The molecule has 4 rings (SSSR count). The molecule has 23 heavy (non-hydrogen) atoms.